The molecule has 1 unspecified atom stereocenters. The summed E-state index contributed by atoms with van der Waals surface area (Å²) in [6, 6.07) is 12.4. The van der Waals surface area contributed by atoms with Crippen LogP contribution in [0.25, 0.3) is 11.3 Å². The number of H-pyrrole nitrogens is 1. The summed E-state index contributed by atoms with van der Waals surface area (Å²) in [6.45, 7) is 0.896. The van der Waals surface area contributed by atoms with Crippen molar-refractivity contribution in [3.05, 3.63) is 42.6 Å². The predicted octanol–water partition coefficient (Wildman–Crippen LogP) is 2.17. The molecule has 0 radical (unpaired) electrons. The number of para-hydroxylation sites is 1. The standard InChI is InChI=1S/C16H20N2O2/c19-13(10-18-12-7-8-12)11-20-16-6-2-1-4-14(16)15-5-3-9-17-15/h1-6,9,12-13,17-19H,7-8,10-11H2. The largest absolute Gasteiger partial charge is 0.490 e. The molecule has 1 aromatic heterocycles. The number of benzene rings is 1. The average molecular weight is 272 g/mol. The molecule has 4 heteroatoms. The van der Waals surface area contributed by atoms with Gasteiger partial charge >= 0.3 is 0 Å². The van der Waals surface area contributed by atoms with Gasteiger partial charge in [-0.15, -0.1) is 0 Å². The van der Waals surface area contributed by atoms with Crippen molar-refractivity contribution in [3.63, 3.8) is 0 Å². The second-order valence-electron chi connectivity index (χ2n) is 5.23. The average Bonchev–Trinajstić information content (AvgIpc) is 3.15. The summed E-state index contributed by atoms with van der Waals surface area (Å²) in [6.07, 6.45) is 3.86. The Morgan fingerprint density at radius 2 is 2.10 bits per heavy atom. The van der Waals surface area contributed by atoms with Gasteiger partial charge in [-0.25, -0.2) is 0 Å². The van der Waals surface area contributed by atoms with E-state index in [0.29, 0.717) is 19.2 Å². The first kappa shape index (κ1) is 13.2. The van der Waals surface area contributed by atoms with Crippen LogP contribution >= 0.6 is 0 Å². The van der Waals surface area contributed by atoms with Gasteiger partial charge in [0.1, 0.15) is 18.5 Å². The summed E-state index contributed by atoms with van der Waals surface area (Å²) in [7, 11) is 0. The molecule has 106 valence electrons. The van der Waals surface area contributed by atoms with E-state index < -0.39 is 6.10 Å². The number of aromatic amines is 1. The monoisotopic (exact) mass is 272 g/mol. The van der Waals surface area contributed by atoms with Crippen LogP contribution in [0.3, 0.4) is 0 Å². The van der Waals surface area contributed by atoms with Crippen molar-refractivity contribution < 1.29 is 9.84 Å². The molecular formula is C16H20N2O2. The van der Waals surface area contributed by atoms with Crippen molar-refractivity contribution in [2.45, 2.75) is 25.0 Å². The minimum absolute atomic E-state index is 0.303. The molecule has 1 aromatic carbocycles. The van der Waals surface area contributed by atoms with E-state index >= 15 is 0 Å². The lowest BCUT2D eigenvalue weighted by atomic mass is 10.1. The molecule has 3 rings (SSSR count). The maximum atomic E-state index is 9.91. The van der Waals surface area contributed by atoms with Gasteiger partial charge in [0.2, 0.25) is 0 Å². The van der Waals surface area contributed by atoms with Crippen LogP contribution in [0.4, 0.5) is 0 Å². The third-order valence-corrected chi connectivity index (χ3v) is 3.43. The van der Waals surface area contributed by atoms with Gasteiger partial charge in [-0.2, -0.15) is 0 Å². The molecule has 20 heavy (non-hydrogen) atoms. The van der Waals surface area contributed by atoms with Gasteiger partial charge in [-0.1, -0.05) is 12.1 Å². The van der Waals surface area contributed by atoms with Crippen molar-refractivity contribution in [3.8, 4) is 17.0 Å². The SMILES string of the molecule is OC(CNC1CC1)COc1ccccc1-c1ccc[nH]1. The van der Waals surface area contributed by atoms with Crippen LogP contribution in [0.2, 0.25) is 0 Å². The van der Waals surface area contributed by atoms with Gasteiger partial charge < -0.3 is 20.1 Å². The molecule has 0 aliphatic heterocycles. The summed E-state index contributed by atoms with van der Waals surface area (Å²) in [5, 5.41) is 13.2. The quantitative estimate of drug-likeness (QED) is 0.724. The van der Waals surface area contributed by atoms with Crippen LogP contribution in [-0.2, 0) is 0 Å². The second-order valence-corrected chi connectivity index (χ2v) is 5.23. The number of aliphatic hydroxyl groups excluding tert-OH is 1. The fourth-order valence-electron chi connectivity index (χ4n) is 2.15. The van der Waals surface area contributed by atoms with E-state index in [9.17, 15) is 5.11 Å². The molecule has 0 saturated heterocycles. The normalized spacial score (nSPS) is 16.1. The molecule has 0 spiro atoms. The number of aromatic nitrogens is 1. The van der Waals surface area contributed by atoms with E-state index in [0.717, 1.165) is 17.0 Å². The highest BCUT2D eigenvalue weighted by Crippen LogP contribution is 2.28. The van der Waals surface area contributed by atoms with Crippen LogP contribution in [0.1, 0.15) is 12.8 Å². The summed E-state index contributed by atoms with van der Waals surface area (Å²) >= 11 is 0. The number of aliphatic hydroxyl groups is 1. The Morgan fingerprint density at radius 3 is 2.85 bits per heavy atom. The van der Waals surface area contributed by atoms with Crippen molar-refractivity contribution in [2.24, 2.45) is 0 Å². The van der Waals surface area contributed by atoms with E-state index in [1.54, 1.807) is 0 Å². The highest BCUT2D eigenvalue weighted by Gasteiger charge is 2.21. The summed E-state index contributed by atoms with van der Waals surface area (Å²) in [5.41, 5.74) is 2.03. The maximum absolute atomic E-state index is 9.91. The third kappa shape index (κ3) is 3.40. The Morgan fingerprint density at radius 1 is 1.25 bits per heavy atom. The molecule has 1 aliphatic rings. The Balaban J connectivity index is 1.59. The van der Waals surface area contributed by atoms with Gasteiger partial charge in [0.25, 0.3) is 0 Å². The van der Waals surface area contributed by atoms with Gasteiger partial charge in [-0.3, -0.25) is 0 Å². The first-order chi connectivity index (χ1) is 9.83. The van der Waals surface area contributed by atoms with Crippen LogP contribution < -0.4 is 10.1 Å². The van der Waals surface area contributed by atoms with Crippen molar-refractivity contribution >= 4 is 0 Å². The van der Waals surface area contributed by atoms with Crippen molar-refractivity contribution in [1.82, 2.24) is 10.3 Å². The van der Waals surface area contributed by atoms with E-state index in [1.165, 1.54) is 12.8 Å². The van der Waals surface area contributed by atoms with Crippen molar-refractivity contribution in [2.75, 3.05) is 13.2 Å². The molecule has 1 fully saturated rings. The summed E-state index contributed by atoms with van der Waals surface area (Å²) in [5.74, 6) is 0.792. The van der Waals surface area contributed by atoms with Gasteiger partial charge in [0.15, 0.2) is 0 Å². The fraction of sp³-hybridized carbons (Fsp3) is 0.375. The topological polar surface area (TPSA) is 57.3 Å². The lowest BCUT2D eigenvalue weighted by Gasteiger charge is -2.15. The van der Waals surface area contributed by atoms with Crippen LogP contribution in [-0.4, -0.2) is 35.4 Å². The number of hydrogen-bond donors (Lipinski definition) is 3. The molecular weight excluding hydrogens is 252 g/mol. The highest BCUT2D eigenvalue weighted by molar-refractivity contribution is 5.67. The zero-order chi connectivity index (χ0) is 13.8. The zero-order valence-electron chi connectivity index (χ0n) is 11.4. The predicted molar refractivity (Wildman–Crippen MR) is 78.8 cm³/mol. The van der Waals surface area contributed by atoms with Crippen LogP contribution in [0, 0.1) is 0 Å². The van der Waals surface area contributed by atoms with Crippen LogP contribution in [0.5, 0.6) is 5.75 Å². The lowest BCUT2D eigenvalue weighted by molar-refractivity contribution is 0.106. The number of ether oxygens (including phenoxy) is 1. The maximum Gasteiger partial charge on any atom is 0.128 e. The Hall–Kier alpha value is -1.78. The molecule has 1 aliphatic carbocycles. The van der Waals surface area contributed by atoms with Crippen molar-refractivity contribution in [1.29, 1.82) is 0 Å². The minimum atomic E-state index is -0.479. The van der Waals surface area contributed by atoms with E-state index in [-0.39, 0.29) is 0 Å². The number of hydrogen-bond acceptors (Lipinski definition) is 3. The molecule has 4 nitrogen and oxygen atoms in total. The first-order valence-corrected chi connectivity index (χ1v) is 7.10. The third-order valence-electron chi connectivity index (χ3n) is 3.43. The number of nitrogens with one attached hydrogen (secondary N) is 2. The van der Waals surface area contributed by atoms with E-state index in [1.807, 2.05) is 42.6 Å². The molecule has 1 heterocycles. The van der Waals surface area contributed by atoms with Crippen LogP contribution in [0.15, 0.2) is 42.6 Å². The van der Waals surface area contributed by atoms with E-state index in [2.05, 4.69) is 10.3 Å². The van der Waals surface area contributed by atoms with E-state index in [4.69, 9.17) is 4.74 Å². The lowest BCUT2D eigenvalue weighted by Crippen LogP contribution is -2.32. The Kier molecular flexibility index (Phi) is 4.04. The minimum Gasteiger partial charge on any atom is -0.490 e. The Bertz CT molecular complexity index is 535. The zero-order valence-corrected chi connectivity index (χ0v) is 11.4. The van der Waals surface area contributed by atoms with Gasteiger partial charge in [-0.05, 0) is 37.1 Å². The molecule has 1 atom stereocenters. The molecule has 2 aromatic rings. The smallest absolute Gasteiger partial charge is 0.128 e. The first-order valence-electron chi connectivity index (χ1n) is 7.10. The molecule has 0 bridgehead atoms. The highest BCUT2D eigenvalue weighted by atomic mass is 16.5. The summed E-state index contributed by atoms with van der Waals surface area (Å²) in [4.78, 5) is 3.17. The van der Waals surface area contributed by atoms with Gasteiger partial charge in [0, 0.05) is 30.0 Å². The second kappa shape index (κ2) is 6.11. The molecule has 3 N–H and O–H groups in total. The van der Waals surface area contributed by atoms with Gasteiger partial charge in [0.05, 0.1) is 0 Å². The summed E-state index contributed by atoms with van der Waals surface area (Å²) < 4.78 is 5.77. The fourth-order valence-corrected chi connectivity index (χ4v) is 2.15. The Labute approximate surface area is 118 Å². The molecule has 0 amide bonds. The number of rotatable bonds is 7. The molecule has 1 saturated carbocycles.